The van der Waals surface area contributed by atoms with Crippen LogP contribution in [-0.4, -0.2) is 11.5 Å². The standard InChI is InChI=1S/C11H17F2N3/c1-2-3-4-5-6-15-11-9(13)7-8(12)10(14)16-11/h7H,2-6H2,1H3,(H3,14,15,16). The highest BCUT2D eigenvalue weighted by atomic mass is 19.1. The first kappa shape index (κ1) is 12.7. The van der Waals surface area contributed by atoms with Gasteiger partial charge in [-0.2, -0.15) is 0 Å². The van der Waals surface area contributed by atoms with Gasteiger partial charge in [0.1, 0.15) is 0 Å². The quantitative estimate of drug-likeness (QED) is 0.737. The van der Waals surface area contributed by atoms with Gasteiger partial charge in [-0.15, -0.1) is 0 Å². The number of anilines is 2. The van der Waals surface area contributed by atoms with E-state index in [1.807, 2.05) is 0 Å². The van der Waals surface area contributed by atoms with E-state index in [9.17, 15) is 8.78 Å². The zero-order chi connectivity index (χ0) is 12.0. The Labute approximate surface area is 94.1 Å². The Morgan fingerprint density at radius 3 is 2.69 bits per heavy atom. The molecule has 0 unspecified atom stereocenters. The van der Waals surface area contributed by atoms with Gasteiger partial charge in [-0.1, -0.05) is 26.2 Å². The molecule has 0 atom stereocenters. The lowest BCUT2D eigenvalue weighted by molar-refractivity contribution is 0.578. The van der Waals surface area contributed by atoms with Crippen LogP contribution >= 0.6 is 0 Å². The maximum Gasteiger partial charge on any atom is 0.168 e. The molecule has 0 fully saturated rings. The van der Waals surface area contributed by atoms with Crippen LogP contribution < -0.4 is 11.1 Å². The molecule has 0 bridgehead atoms. The lowest BCUT2D eigenvalue weighted by Gasteiger charge is -2.07. The molecule has 1 aromatic rings. The summed E-state index contributed by atoms with van der Waals surface area (Å²) in [5, 5.41) is 2.81. The third-order valence-electron chi connectivity index (χ3n) is 2.28. The molecular formula is C11H17F2N3. The van der Waals surface area contributed by atoms with Gasteiger partial charge in [-0.3, -0.25) is 0 Å². The van der Waals surface area contributed by atoms with E-state index >= 15 is 0 Å². The van der Waals surface area contributed by atoms with Crippen LogP contribution in [0.15, 0.2) is 6.07 Å². The number of nitrogen functional groups attached to an aromatic ring is 1. The predicted octanol–water partition coefficient (Wildman–Crippen LogP) is 2.93. The highest BCUT2D eigenvalue weighted by Gasteiger charge is 2.08. The van der Waals surface area contributed by atoms with Crippen molar-refractivity contribution in [3.05, 3.63) is 17.7 Å². The molecule has 0 spiro atoms. The highest BCUT2D eigenvalue weighted by molar-refractivity contribution is 5.44. The molecule has 0 aliphatic carbocycles. The van der Waals surface area contributed by atoms with Gasteiger partial charge in [-0.25, -0.2) is 13.8 Å². The van der Waals surface area contributed by atoms with Gasteiger partial charge in [-0.05, 0) is 6.42 Å². The zero-order valence-corrected chi connectivity index (χ0v) is 9.39. The first-order chi connectivity index (χ1) is 7.65. The summed E-state index contributed by atoms with van der Waals surface area (Å²) >= 11 is 0. The third-order valence-corrected chi connectivity index (χ3v) is 2.28. The molecular weight excluding hydrogens is 212 g/mol. The lowest BCUT2D eigenvalue weighted by Crippen LogP contribution is -2.08. The molecule has 0 aliphatic heterocycles. The van der Waals surface area contributed by atoms with E-state index in [0.29, 0.717) is 6.54 Å². The fourth-order valence-corrected chi connectivity index (χ4v) is 1.36. The Morgan fingerprint density at radius 1 is 1.25 bits per heavy atom. The van der Waals surface area contributed by atoms with Gasteiger partial charge in [0, 0.05) is 12.6 Å². The van der Waals surface area contributed by atoms with Crippen molar-refractivity contribution in [1.29, 1.82) is 0 Å². The molecule has 3 nitrogen and oxygen atoms in total. The summed E-state index contributed by atoms with van der Waals surface area (Å²) in [6.07, 6.45) is 4.33. The third kappa shape index (κ3) is 3.64. The van der Waals surface area contributed by atoms with Crippen LogP contribution in [0.2, 0.25) is 0 Å². The van der Waals surface area contributed by atoms with Gasteiger partial charge >= 0.3 is 0 Å². The molecule has 0 aliphatic rings. The second kappa shape index (κ2) is 6.25. The Bertz CT molecular complexity index is 342. The number of nitrogens with two attached hydrogens (primary N) is 1. The monoisotopic (exact) mass is 229 g/mol. The average molecular weight is 229 g/mol. The van der Waals surface area contributed by atoms with E-state index in [4.69, 9.17) is 5.73 Å². The van der Waals surface area contributed by atoms with Crippen molar-refractivity contribution in [2.24, 2.45) is 0 Å². The lowest BCUT2D eigenvalue weighted by atomic mass is 10.2. The van der Waals surface area contributed by atoms with E-state index in [1.165, 1.54) is 0 Å². The minimum atomic E-state index is -0.825. The Balaban J connectivity index is 2.45. The van der Waals surface area contributed by atoms with E-state index < -0.39 is 11.6 Å². The SMILES string of the molecule is CCCCCCNc1nc(N)c(F)cc1F. The van der Waals surface area contributed by atoms with E-state index in [-0.39, 0.29) is 11.6 Å². The molecule has 1 aromatic heterocycles. The minimum absolute atomic E-state index is 0.0235. The first-order valence-corrected chi connectivity index (χ1v) is 5.50. The van der Waals surface area contributed by atoms with Crippen LogP contribution in [0.3, 0.4) is 0 Å². The highest BCUT2D eigenvalue weighted by Crippen LogP contribution is 2.16. The average Bonchev–Trinajstić information content (AvgIpc) is 2.25. The van der Waals surface area contributed by atoms with E-state index in [0.717, 1.165) is 31.7 Å². The van der Waals surface area contributed by atoms with Crippen LogP contribution in [0.5, 0.6) is 0 Å². The van der Waals surface area contributed by atoms with Crippen molar-refractivity contribution in [1.82, 2.24) is 4.98 Å². The summed E-state index contributed by atoms with van der Waals surface area (Å²) in [4.78, 5) is 3.61. The number of unbranched alkanes of at least 4 members (excludes halogenated alkanes) is 3. The van der Waals surface area contributed by atoms with Gasteiger partial charge in [0.25, 0.3) is 0 Å². The van der Waals surface area contributed by atoms with Crippen LogP contribution in [-0.2, 0) is 0 Å². The maximum absolute atomic E-state index is 13.2. The maximum atomic E-state index is 13.2. The molecule has 3 N–H and O–H groups in total. The topological polar surface area (TPSA) is 50.9 Å². The Kier molecular flexibility index (Phi) is 4.95. The molecule has 0 saturated heterocycles. The van der Waals surface area contributed by atoms with Crippen LogP contribution in [0.25, 0.3) is 0 Å². The zero-order valence-electron chi connectivity index (χ0n) is 9.39. The molecule has 16 heavy (non-hydrogen) atoms. The molecule has 1 heterocycles. The summed E-state index contributed by atoms with van der Waals surface area (Å²) in [5.41, 5.74) is 5.25. The Hall–Kier alpha value is -1.39. The second-order valence-corrected chi connectivity index (χ2v) is 3.67. The van der Waals surface area contributed by atoms with Crippen molar-refractivity contribution in [2.75, 3.05) is 17.6 Å². The molecule has 0 aromatic carbocycles. The summed E-state index contributed by atoms with van der Waals surface area (Å²) < 4.78 is 26.0. The summed E-state index contributed by atoms with van der Waals surface area (Å²) in [7, 11) is 0. The molecule has 1 rings (SSSR count). The number of hydrogen-bond donors (Lipinski definition) is 2. The van der Waals surface area contributed by atoms with Crippen LogP contribution in [0.1, 0.15) is 32.6 Å². The van der Waals surface area contributed by atoms with Crippen LogP contribution in [0.4, 0.5) is 20.4 Å². The van der Waals surface area contributed by atoms with Gasteiger partial charge in [0.15, 0.2) is 23.3 Å². The van der Waals surface area contributed by atoms with E-state index in [2.05, 4.69) is 17.2 Å². The predicted molar refractivity (Wildman–Crippen MR) is 61.2 cm³/mol. The number of aromatic nitrogens is 1. The smallest absolute Gasteiger partial charge is 0.168 e. The number of rotatable bonds is 6. The van der Waals surface area contributed by atoms with Crippen molar-refractivity contribution in [3.63, 3.8) is 0 Å². The second-order valence-electron chi connectivity index (χ2n) is 3.67. The molecule has 90 valence electrons. The van der Waals surface area contributed by atoms with Crippen molar-refractivity contribution in [3.8, 4) is 0 Å². The summed E-state index contributed by atoms with van der Waals surface area (Å²) in [6, 6.07) is 0.747. The van der Waals surface area contributed by atoms with Crippen molar-refractivity contribution < 1.29 is 8.78 Å². The number of nitrogens with one attached hydrogen (secondary N) is 1. The van der Waals surface area contributed by atoms with Gasteiger partial charge in [0.05, 0.1) is 0 Å². The molecule has 0 saturated carbocycles. The first-order valence-electron chi connectivity index (χ1n) is 5.50. The Morgan fingerprint density at radius 2 is 2.00 bits per heavy atom. The fraction of sp³-hybridized carbons (Fsp3) is 0.545. The van der Waals surface area contributed by atoms with E-state index in [1.54, 1.807) is 0 Å². The fourth-order valence-electron chi connectivity index (χ4n) is 1.36. The number of hydrogen-bond acceptors (Lipinski definition) is 3. The van der Waals surface area contributed by atoms with Crippen molar-refractivity contribution >= 4 is 11.6 Å². The summed E-state index contributed by atoms with van der Waals surface area (Å²) in [6.45, 7) is 2.74. The molecule has 0 amide bonds. The minimum Gasteiger partial charge on any atom is -0.381 e. The van der Waals surface area contributed by atoms with Gasteiger partial charge < -0.3 is 11.1 Å². The summed E-state index contributed by atoms with van der Waals surface area (Å²) in [5.74, 6) is -1.79. The number of halogens is 2. The normalized spacial score (nSPS) is 10.4. The van der Waals surface area contributed by atoms with Crippen molar-refractivity contribution in [2.45, 2.75) is 32.6 Å². The number of pyridine rings is 1. The largest absolute Gasteiger partial charge is 0.381 e. The van der Waals surface area contributed by atoms with Gasteiger partial charge in [0.2, 0.25) is 0 Å². The molecule has 5 heteroatoms. The number of nitrogens with zero attached hydrogens (tertiary/aromatic N) is 1. The van der Waals surface area contributed by atoms with Crippen LogP contribution in [0, 0.1) is 11.6 Å². The molecule has 0 radical (unpaired) electrons.